The average molecular weight is 347 g/mol. The Hall–Kier alpha value is -2.17. The van der Waals surface area contributed by atoms with Crippen molar-refractivity contribution in [2.45, 2.75) is 59.6 Å². The fraction of sp³-hybridized carbons (Fsp3) is 0.550. The lowest BCUT2D eigenvalue weighted by Crippen LogP contribution is -2.36. The van der Waals surface area contributed by atoms with Gasteiger partial charge in [-0.25, -0.2) is 4.79 Å². The molecule has 0 spiro atoms. The Balaban J connectivity index is 2.74. The highest BCUT2D eigenvalue weighted by atomic mass is 16.6. The highest BCUT2D eigenvalue weighted by Gasteiger charge is 2.26. The van der Waals surface area contributed by atoms with Crippen molar-refractivity contribution < 1.29 is 19.1 Å². The second-order valence-electron chi connectivity index (χ2n) is 7.59. The molecule has 138 valence electrons. The van der Waals surface area contributed by atoms with E-state index in [9.17, 15) is 14.4 Å². The summed E-state index contributed by atoms with van der Waals surface area (Å²) in [6.45, 7) is 10.2. The van der Waals surface area contributed by atoms with Gasteiger partial charge in [-0.3, -0.25) is 9.59 Å². The van der Waals surface area contributed by atoms with Gasteiger partial charge >= 0.3 is 5.97 Å². The van der Waals surface area contributed by atoms with Crippen LogP contribution in [-0.2, 0) is 25.7 Å². The average Bonchev–Trinajstić information content (AvgIpc) is 2.50. The SMILES string of the molecule is CC(C)CCN(Cc1ccccc1)C(=O)CC(=O)C(=O)OC(C)(C)C. The molecule has 0 aliphatic rings. The van der Waals surface area contributed by atoms with Crippen LogP contribution in [0.4, 0.5) is 0 Å². The Morgan fingerprint density at radius 1 is 1.08 bits per heavy atom. The van der Waals surface area contributed by atoms with Gasteiger partial charge in [0, 0.05) is 13.1 Å². The third kappa shape index (κ3) is 8.47. The van der Waals surface area contributed by atoms with E-state index in [1.807, 2.05) is 30.3 Å². The molecule has 0 atom stereocenters. The maximum absolute atomic E-state index is 12.5. The first-order valence-corrected chi connectivity index (χ1v) is 8.66. The lowest BCUT2D eigenvalue weighted by Gasteiger charge is -2.24. The number of carbonyl (C=O) groups excluding carboxylic acids is 3. The highest BCUT2D eigenvalue weighted by molar-refractivity contribution is 6.37. The minimum Gasteiger partial charge on any atom is -0.454 e. The number of hydrogen-bond donors (Lipinski definition) is 0. The van der Waals surface area contributed by atoms with Crippen LogP contribution in [0, 0.1) is 5.92 Å². The standard InChI is InChI=1S/C20H29NO4/c1-15(2)11-12-21(14-16-9-7-6-8-10-16)18(23)13-17(22)19(24)25-20(3,4)5/h6-10,15H,11-14H2,1-5H3. The highest BCUT2D eigenvalue weighted by Crippen LogP contribution is 2.12. The lowest BCUT2D eigenvalue weighted by atomic mass is 10.1. The van der Waals surface area contributed by atoms with Gasteiger partial charge in [-0.05, 0) is 38.7 Å². The molecule has 0 aromatic heterocycles. The molecular weight excluding hydrogens is 318 g/mol. The Labute approximate surface area is 150 Å². The number of ketones is 1. The molecule has 0 saturated carbocycles. The first-order valence-electron chi connectivity index (χ1n) is 8.66. The Bertz CT molecular complexity index is 587. The largest absolute Gasteiger partial charge is 0.454 e. The van der Waals surface area contributed by atoms with Crippen LogP contribution in [0.5, 0.6) is 0 Å². The lowest BCUT2D eigenvalue weighted by molar-refractivity contribution is -0.163. The first-order chi connectivity index (χ1) is 11.6. The summed E-state index contributed by atoms with van der Waals surface area (Å²) in [5, 5.41) is 0. The fourth-order valence-electron chi connectivity index (χ4n) is 2.17. The van der Waals surface area contributed by atoms with Crippen LogP contribution >= 0.6 is 0 Å². The van der Waals surface area contributed by atoms with Gasteiger partial charge in [0.05, 0.1) is 6.42 Å². The molecule has 0 aliphatic carbocycles. The Kier molecular flexibility index (Phi) is 7.81. The van der Waals surface area contributed by atoms with E-state index in [0.29, 0.717) is 19.0 Å². The molecule has 5 nitrogen and oxygen atoms in total. The van der Waals surface area contributed by atoms with E-state index in [0.717, 1.165) is 12.0 Å². The number of rotatable bonds is 8. The molecule has 0 heterocycles. The van der Waals surface area contributed by atoms with Gasteiger partial charge in [0.1, 0.15) is 5.60 Å². The van der Waals surface area contributed by atoms with E-state index >= 15 is 0 Å². The zero-order valence-electron chi connectivity index (χ0n) is 15.9. The predicted octanol–water partition coefficient (Wildman–Crippen LogP) is 3.36. The zero-order chi connectivity index (χ0) is 19.0. The molecule has 0 aliphatic heterocycles. The van der Waals surface area contributed by atoms with Crippen LogP contribution in [0.25, 0.3) is 0 Å². The molecule has 0 fully saturated rings. The zero-order valence-corrected chi connectivity index (χ0v) is 15.9. The van der Waals surface area contributed by atoms with Crippen molar-refractivity contribution in [2.24, 2.45) is 5.92 Å². The molecule has 1 rings (SSSR count). The van der Waals surface area contributed by atoms with Gasteiger partial charge in [0.25, 0.3) is 0 Å². The van der Waals surface area contributed by atoms with Crippen molar-refractivity contribution in [3.8, 4) is 0 Å². The van der Waals surface area contributed by atoms with Crippen LogP contribution in [0.3, 0.4) is 0 Å². The van der Waals surface area contributed by atoms with Crippen LogP contribution in [0.1, 0.15) is 53.0 Å². The fourth-order valence-corrected chi connectivity index (χ4v) is 2.17. The smallest absolute Gasteiger partial charge is 0.375 e. The van der Waals surface area contributed by atoms with Crippen LogP contribution in [0.15, 0.2) is 30.3 Å². The third-order valence-electron chi connectivity index (χ3n) is 3.48. The first kappa shape index (κ1) is 20.9. The Morgan fingerprint density at radius 2 is 1.68 bits per heavy atom. The minimum absolute atomic E-state index is 0.347. The topological polar surface area (TPSA) is 63.7 Å². The van der Waals surface area contributed by atoms with Crippen LogP contribution in [0.2, 0.25) is 0 Å². The number of ether oxygens (including phenoxy) is 1. The number of carbonyl (C=O) groups is 3. The maximum Gasteiger partial charge on any atom is 0.375 e. The molecule has 0 saturated heterocycles. The molecule has 0 radical (unpaired) electrons. The van der Waals surface area contributed by atoms with Crippen molar-refractivity contribution in [1.82, 2.24) is 4.90 Å². The minimum atomic E-state index is -0.954. The van der Waals surface area contributed by atoms with Crippen molar-refractivity contribution in [2.75, 3.05) is 6.54 Å². The number of nitrogens with zero attached hydrogens (tertiary/aromatic N) is 1. The summed E-state index contributed by atoms with van der Waals surface area (Å²) in [6, 6.07) is 9.60. The normalized spacial score (nSPS) is 11.3. The van der Waals surface area contributed by atoms with Gasteiger partial charge in [0.2, 0.25) is 11.7 Å². The summed E-state index contributed by atoms with van der Waals surface area (Å²) in [4.78, 5) is 38.0. The summed E-state index contributed by atoms with van der Waals surface area (Å²) in [5.74, 6) is -1.67. The molecule has 25 heavy (non-hydrogen) atoms. The molecular formula is C20H29NO4. The second-order valence-corrected chi connectivity index (χ2v) is 7.59. The van der Waals surface area contributed by atoms with Crippen LogP contribution in [-0.4, -0.2) is 34.7 Å². The molecule has 0 bridgehead atoms. The molecule has 5 heteroatoms. The molecule has 0 N–H and O–H groups in total. The van der Waals surface area contributed by atoms with Gasteiger partial charge in [-0.2, -0.15) is 0 Å². The summed E-state index contributed by atoms with van der Waals surface area (Å²) < 4.78 is 5.04. The van der Waals surface area contributed by atoms with Gasteiger partial charge in [0.15, 0.2) is 0 Å². The van der Waals surface area contributed by atoms with Crippen molar-refractivity contribution in [3.63, 3.8) is 0 Å². The summed E-state index contributed by atoms with van der Waals surface area (Å²) in [7, 11) is 0. The van der Waals surface area contributed by atoms with Crippen LogP contribution < -0.4 is 0 Å². The van der Waals surface area contributed by atoms with E-state index in [1.165, 1.54) is 0 Å². The molecule has 1 aromatic rings. The van der Waals surface area contributed by atoms with Gasteiger partial charge in [-0.15, -0.1) is 0 Å². The number of benzene rings is 1. The van der Waals surface area contributed by atoms with E-state index < -0.39 is 23.8 Å². The monoisotopic (exact) mass is 347 g/mol. The quantitative estimate of drug-likeness (QED) is 0.411. The number of hydrogen-bond acceptors (Lipinski definition) is 4. The number of esters is 1. The molecule has 1 aromatic carbocycles. The summed E-state index contributed by atoms with van der Waals surface area (Å²) in [5.41, 5.74) is 0.237. The van der Waals surface area contributed by atoms with Crippen molar-refractivity contribution in [3.05, 3.63) is 35.9 Å². The van der Waals surface area contributed by atoms with Crippen molar-refractivity contribution in [1.29, 1.82) is 0 Å². The predicted molar refractivity (Wildman–Crippen MR) is 96.8 cm³/mol. The molecule has 1 amide bonds. The van der Waals surface area contributed by atoms with Gasteiger partial charge < -0.3 is 9.64 Å². The summed E-state index contributed by atoms with van der Waals surface area (Å²) >= 11 is 0. The second kappa shape index (κ2) is 9.35. The summed E-state index contributed by atoms with van der Waals surface area (Å²) in [6.07, 6.45) is 0.374. The number of amides is 1. The van der Waals surface area contributed by atoms with E-state index in [1.54, 1.807) is 25.7 Å². The maximum atomic E-state index is 12.5. The van der Waals surface area contributed by atoms with E-state index in [4.69, 9.17) is 4.74 Å². The molecule has 0 unspecified atom stereocenters. The van der Waals surface area contributed by atoms with Crippen molar-refractivity contribution >= 4 is 17.7 Å². The van der Waals surface area contributed by atoms with E-state index in [2.05, 4.69) is 13.8 Å². The third-order valence-corrected chi connectivity index (χ3v) is 3.48. The van der Waals surface area contributed by atoms with Gasteiger partial charge in [-0.1, -0.05) is 44.2 Å². The van der Waals surface area contributed by atoms with E-state index in [-0.39, 0.29) is 5.91 Å². The number of Topliss-reactive ketones (excluding diaryl/α,β-unsaturated/α-hetero) is 1. The Morgan fingerprint density at radius 3 is 2.20 bits per heavy atom.